The summed E-state index contributed by atoms with van der Waals surface area (Å²) < 4.78 is 25.1. The fourth-order valence-corrected chi connectivity index (χ4v) is 3.67. The van der Waals surface area contributed by atoms with E-state index in [0.29, 0.717) is 13.1 Å². The van der Waals surface area contributed by atoms with E-state index in [0.717, 1.165) is 25.9 Å². The lowest BCUT2D eigenvalue weighted by Crippen LogP contribution is -2.55. The first-order chi connectivity index (χ1) is 8.95. The summed E-state index contributed by atoms with van der Waals surface area (Å²) in [5.41, 5.74) is 0. The number of halogens is 1. The molecule has 0 aliphatic carbocycles. The number of piperidine rings is 1. The predicted molar refractivity (Wildman–Crippen MR) is 80.4 cm³/mol. The van der Waals surface area contributed by atoms with Crippen LogP contribution in [0.3, 0.4) is 0 Å². The van der Waals surface area contributed by atoms with Crippen LogP contribution in [0.15, 0.2) is 0 Å². The topological polar surface area (TPSA) is 69.7 Å². The molecule has 8 heteroatoms. The monoisotopic (exact) mass is 325 g/mol. The Labute approximate surface area is 127 Å². The van der Waals surface area contributed by atoms with Gasteiger partial charge < -0.3 is 10.2 Å². The molecule has 0 aromatic heterocycles. The van der Waals surface area contributed by atoms with Gasteiger partial charge in [0, 0.05) is 39.3 Å². The molecule has 2 aliphatic heterocycles. The molecule has 2 fully saturated rings. The number of amides is 1. The number of likely N-dealkylation sites (tertiary alicyclic amines) is 1. The van der Waals surface area contributed by atoms with E-state index in [2.05, 4.69) is 5.32 Å². The van der Waals surface area contributed by atoms with Gasteiger partial charge in [0.2, 0.25) is 15.9 Å². The lowest BCUT2D eigenvalue weighted by molar-refractivity contribution is -0.138. The Balaban J connectivity index is 0.00000200. The number of nitrogens with zero attached hydrogens (tertiary/aromatic N) is 2. The minimum Gasteiger partial charge on any atom is -0.342 e. The third kappa shape index (κ3) is 3.63. The Kier molecular flexibility index (Phi) is 6.25. The Morgan fingerprint density at radius 3 is 2.25 bits per heavy atom. The third-order valence-corrected chi connectivity index (χ3v) is 6.13. The van der Waals surface area contributed by atoms with E-state index in [1.807, 2.05) is 4.90 Å². The normalized spacial score (nSPS) is 21.4. The number of nitrogens with one attached hydrogen (secondary N) is 1. The van der Waals surface area contributed by atoms with Gasteiger partial charge in [0.15, 0.2) is 0 Å². The molecule has 0 atom stereocenters. The van der Waals surface area contributed by atoms with Gasteiger partial charge in [-0.1, -0.05) is 0 Å². The molecule has 2 heterocycles. The van der Waals surface area contributed by atoms with Crippen LogP contribution < -0.4 is 5.32 Å². The van der Waals surface area contributed by atoms with Crippen molar-refractivity contribution in [1.82, 2.24) is 14.5 Å². The third-order valence-electron chi connectivity index (χ3n) is 4.22. The predicted octanol–water partition coefficient (Wildman–Crippen LogP) is -0.0999. The van der Waals surface area contributed by atoms with Gasteiger partial charge in [-0.05, 0) is 19.8 Å². The fourth-order valence-electron chi connectivity index (χ4n) is 2.60. The Hall–Kier alpha value is -0.370. The second kappa shape index (κ2) is 7.06. The zero-order valence-corrected chi connectivity index (χ0v) is 13.7. The molecule has 0 saturated carbocycles. The summed E-state index contributed by atoms with van der Waals surface area (Å²) in [6, 6.07) is 0.0357. The second-order valence-corrected chi connectivity index (χ2v) is 7.65. The lowest BCUT2D eigenvalue weighted by Gasteiger charge is -2.39. The van der Waals surface area contributed by atoms with Crippen molar-refractivity contribution in [1.29, 1.82) is 0 Å². The number of hydrogen-bond acceptors (Lipinski definition) is 4. The lowest BCUT2D eigenvalue weighted by atomic mass is 9.98. The van der Waals surface area contributed by atoms with Gasteiger partial charge in [-0.2, -0.15) is 0 Å². The molecule has 0 aromatic rings. The molecule has 0 unspecified atom stereocenters. The van der Waals surface area contributed by atoms with Gasteiger partial charge in [0.05, 0.1) is 11.7 Å². The van der Waals surface area contributed by atoms with E-state index in [1.165, 1.54) is 4.31 Å². The van der Waals surface area contributed by atoms with Crippen LogP contribution in [0.2, 0.25) is 0 Å². The van der Waals surface area contributed by atoms with Crippen molar-refractivity contribution in [3.63, 3.8) is 0 Å². The maximum atomic E-state index is 12.1. The molecule has 20 heavy (non-hydrogen) atoms. The number of carbonyl (C=O) groups excluding carboxylic acids is 1. The van der Waals surface area contributed by atoms with Crippen LogP contribution in [0.4, 0.5) is 0 Å². The van der Waals surface area contributed by atoms with E-state index in [-0.39, 0.29) is 36.0 Å². The molecular weight excluding hydrogens is 302 g/mol. The molecule has 1 N–H and O–H groups in total. The van der Waals surface area contributed by atoms with Crippen molar-refractivity contribution in [2.75, 3.05) is 39.0 Å². The minimum absolute atomic E-state index is 0. The summed E-state index contributed by atoms with van der Waals surface area (Å²) in [6.07, 6.45) is 1.48. The molecule has 0 spiro atoms. The average Bonchev–Trinajstić information content (AvgIpc) is 2.36. The van der Waals surface area contributed by atoms with E-state index in [1.54, 1.807) is 14.0 Å². The molecule has 2 aliphatic rings. The Morgan fingerprint density at radius 1 is 1.30 bits per heavy atom. The van der Waals surface area contributed by atoms with Crippen LogP contribution in [0.25, 0.3) is 0 Å². The molecule has 2 saturated heterocycles. The SMILES string of the molecule is CCS(=O)(=O)N(C)C1CCN(C(=O)C2CNC2)CC1.Cl. The van der Waals surface area contributed by atoms with Crippen LogP contribution in [0.5, 0.6) is 0 Å². The minimum atomic E-state index is -3.13. The number of hydrogen-bond donors (Lipinski definition) is 1. The van der Waals surface area contributed by atoms with Crippen LogP contribution in [0, 0.1) is 5.92 Å². The van der Waals surface area contributed by atoms with E-state index in [4.69, 9.17) is 0 Å². The second-order valence-electron chi connectivity index (χ2n) is 5.33. The molecular formula is C12H24ClN3O3S. The van der Waals surface area contributed by atoms with E-state index >= 15 is 0 Å². The highest BCUT2D eigenvalue weighted by Gasteiger charge is 2.34. The first-order valence-corrected chi connectivity index (χ1v) is 8.52. The van der Waals surface area contributed by atoms with Crippen LogP contribution >= 0.6 is 12.4 Å². The molecule has 0 aromatic carbocycles. The smallest absolute Gasteiger partial charge is 0.228 e. The number of carbonyl (C=O) groups is 1. The molecule has 0 radical (unpaired) electrons. The average molecular weight is 326 g/mol. The summed E-state index contributed by atoms with van der Waals surface area (Å²) in [4.78, 5) is 13.9. The van der Waals surface area contributed by atoms with Crippen molar-refractivity contribution < 1.29 is 13.2 Å². The largest absolute Gasteiger partial charge is 0.342 e. The highest BCUT2D eigenvalue weighted by atomic mass is 35.5. The number of sulfonamides is 1. The van der Waals surface area contributed by atoms with Crippen molar-refractivity contribution in [2.24, 2.45) is 5.92 Å². The highest BCUT2D eigenvalue weighted by Crippen LogP contribution is 2.20. The zero-order chi connectivity index (χ0) is 14.0. The number of rotatable bonds is 4. The molecule has 2 rings (SSSR count). The Morgan fingerprint density at radius 2 is 1.85 bits per heavy atom. The molecule has 6 nitrogen and oxygen atoms in total. The van der Waals surface area contributed by atoms with Gasteiger partial charge in [-0.25, -0.2) is 12.7 Å². The summed E-state index contributed by atoms with van der Waals surface area (Å²) in [7, 11) is -1.48. The van der Waals surface area contributed by atoms with Crippen LogP contribution in [0.1, 0.15) is 19.8 Å². The highest BCUT2D eigenvalue weighted by molar-refractivity contribution is 7.89. The molecule has 0 bridgehead atoms. The van der Waals surface area contributed by atoms with Gasteiger partial charge in [-0.15, -0.1) is 12.4 Å². The van der Waals surface area contributed by atoms with E-state index < -0.39 is 10.0 Å². The molecule has 118 valence electrons. The van der Waals surface area contributed by atoms with Crippen molar-refractivity contribution in [3.05, 3.63) is 0 Å². The summed E-state index contributed by atoms with van der Waals surface area (Å²) in [5.74, 6) is 0.489. The maximum Gasteiger partial charge on any atom is 0.228 e. The van der Waals surface area contributed by atoms with Crippen molar-refractivity contribution in [3.8, 4) is 0 Å². The van der Waals surface area contributed by atoms with Crippen molar-refractivity contribution in [2.45, 2.75) is 25.8 Å². The van der Waals surface area contributed by atoms with Gasteiger partial charge in [0.25, 0.3) is 0 Å². The van der Waals surface area contributed by atoms with Gasteiger partial charge in [-0.3, -0.25) is 4.79 Å². The zero-order valence-electron chi connectivity index (χ0n) is 12.0. The quantitative estimate of drug-likeness (QED) is 0.783. The van der Waals surface area contributed by atoms with Gasteiger partial charge in [0.1, 0.15) is 0 Å². The maximum absolute atomic E-state index is 12.1. The van der Waals surface area contributed by atoms with Crippen molar-refractivity contribution >= 4 is 28.3 Å². The van der Waals surface area contributed by atoms with E-state index in [9.17, 15) is 13.2 Å². The Bertz CT molecular complexity index is 431. The fraction of sp³-hybridized carbons (Fsp3) is 0.917. The standard InChI is InChI=1S/C12H23N3O3S.ClH/c1-3-19(17,18)14(2)11-4-6-15(7-5-11)12(16)10-8-13-9-10;/h10-11,13H,3-9H2,1-2H3;1H. The summed E-state index contributed by atoms with van der Waals surface area (Å²) in [5, 5.41) is 3.10. The molecule has 1 amide bonds. The first-order valence-electron chi connectivity index (χ1n) is 6.91. The van der Waals surface area contributed by atoms with Gasteiger partial charge >= 0.3 is 0 Å². The van der Waals surface area contributed by atoms with Crippen LogP contribution in [-0.4, -0.2) is 68.6 Å². The summed E-state index contributed by atoms with van der Waals surface area (Å²) in [6.45, 7) is 4.56. The van der Waals surface area contributed by atoms with Crippen LogP contribution in [-0.2, 0) is 14.8 Å². The summed E-state index contributed by atoms with van der Waals surface area (Å²) >= 11 is 0. The first kappa shape index (κ1) is 17.7.